The van der Waals surface area contributed by atoms with Crippen LogP contribution in [0.1, 0.15) is 31.0 Å². The Balaban J connectivity index is 2.03. The zero-order valence-corrected chi connectivity index (χ0v) is 12.7. The van der Waals surface area contributed by atoms with E-state index in [0.717, 1.165) is 47.1 Å². The second-order valence-electron chi connectivity index (χ2n) is 6.52. The smallest absolute Gasteiger partial charge is 0.0741 e. The van der Waals surface area contributed by atoms with E-state index in [1.165, 1.54) is 5.57 Å². The van der Waals surface area contributed by atoms with Crippen molar-refractivity contribution in [1.29, 1.82) is 0 Å². The van der Waals surface area contributed by atoms with E-state index in [1.54, 1.807) is 0 Å². The number of nitrogens with zero attached hydrogens (tertiary/aromatic N) is 1. The van der Waals surface area contributed by atoms with Crippen molar-refractivity contribution in [2.45, 2.75) is 31.7 Å². The molecule has 2 aliphatic carbocycles. The number of allylic oxidation sites excluding steroid dienone is 1. The van der Waals surface area contributed by atoms with Crippen LogP contribution in [0.2, 0.25) is 5.02 Å². The fourth-order valence-corrected chi connectivity index (χ4v) is 4.31. The second-order valence-corrected chi connectivity index (χ2v) is 6.96. The summed E-state index contributed by atoms with van der Waals surface area (Å²) in [5.74, 6) is 0.472. The van der Waals surface area contributed by atoms with Gasteiger partial charge in [0.1, 0.15) is 0 Å². The Hall–Kier alpha value is -1.58. The molecule has 2 atom stereocenters. The lowest BCUT2D eigenvalue weighted by molar-refractivity contribution is 0.301. The van der Waals surface area contributed by atoms with Crippen LogP contribution in [-0.4, -0.2) is 4.98 Å². The number of halogens is 1. The van der Waals surface area contributed by atoms with Crippen LogP contribution in [0, 0.1) is 5.92 Å². The van der Waals surface area contributed by atoms with Crippen molar-refractivity contribution in [3.05, 3.63) is 46.1 Å². The standard InChI is InChI=1S/C17H18ClN3/c1-9-4-10-5-14-15(17(20,7-9)8-10)16(19)12-3-2-11(18)6-13(12)21-14/h2-4,6,10H,5,7-8,20H2,1H3,(H2,19,21)/t10-,17+/m1/s1. The van der Waals surface area contributed by atoms with Crippen LogP contribution in [0.15, 0.2) is 29.8 Å². The molecule has 1 aromatic heterocycles. The van der Waals surface area contributed by atoms with Crippen molar-refractivity contribution in [3.8, 4) is 0 Å². The number of pyridine rings is 1. The van der Waals surface area contributed by atoms with Crippen LogP contribution in [-0.2, 0) is 12.0 Å². The minimum Gasteiger partial charge on any atom is -0.398 e. The van der Waals surface area contributed by atoms with E-state index >= 15 is 0 Å². The summed E-state index contributed by atoms with van der Waals surface area (Å²) in [5, 5.41) is 1.64. The van der Waals surface area contributed by atoms with Gasteiger partial charge in [0.05, 0.1) is 5.52 Å². The van der Waals surface area contributed by atoms with Crippen LogP contribution >= 0.6 is 11.6 Å². The number of fused-ring (bicyclic) bond motifs is 5. The van der Waals surface area contributed by atoms with Crippen molar-refractivity contribution in [2.24, 2.45) is 11.7 Å². The predicted molar refractivity (Wildman–Crippen MR) is 87.2 cm³/mol. The first kappa shape index (κ1) is 13.1. The Bertz CT molecular complexity index is 796. The normalized spacial score (nSPS) is 27.4. The second kappa shape index (κ2) is 4.21. The Morgan fingerprint density at radius 1 is 1.38 bits per heavy atom. The molecule has 0 fully saturated rings. The summed E-state index contributed by atoms with van der Waals surface area (Å²) in [6.45, 7) is 2.16. The highest BCUT2D eigenvalue weighted by Crippen LogP contribution is 2.47. The monoisotopic (exact) mass is 299 g/mol. The third-order valence-corrected chi connectivity index (χ3v) is 4.99. The average molecular weight is 300 g/mol. The number of nitrogen functional groups attached to an aromatic ring is 1. The molecule has 21 heavy (non-hydrogen) atoms. The van der Waals surface area contributed by atoms with E-state index in [2.05, 4.69) is 13.0 Å². The molecule has 0 saturated heterocycles. The van der Waals surface area contributed by atoms with Crippen LogP contribution < -0.4 is 11.5 Å². The number of anilines is 1. The van der Waals surface area contributed by atoms with Gasteiger partial charge in [-0.1, -0.05) is 23.3 Å². The fraction of sp³-hybridized carbons (Fsp3) is 0.353. The van der Waals surface area contributed by atoms with Gasteiger partial charge in [-0.2, -0.15) is 0 Å². The molecule has 0 amide bonds. The number of aromatic nitrogens is 1. The summed E-state index contributed by atoms with van der Waals surface area (Å²) in [6.07, 6.45) is 5.08. The molecule has 2 aromatic rings. The molecule has 0 spiro atoms. The van der Waals surface area contributed by atoms with Crippen LogP contribution in [0.25, 0.3) is 10.9 Å². The Morgan fingerprint density at radius 3 is 3.00 bits per heavy atom. The van der Waals surface area contributed by atoms with Gasteiger partial charge in [-0.05, 0) is 50.3 Å². The topological polar surface area (TPSA) is 64.9 Å². The highest BCUT2D eigenvalue weighted by atomic mass is 35.5. The average Bonchev–Trinajstić information content (AvgIpc) is 2.35. The van der Waals surface area contributed by atoms with Gasteiger partial charge in [0.2, 0.25) is 0 Å². The van der Waals surface area contributed by atoms with E-state index < -0.39 is 0 Å². The Kier molecular flexibility index (Phi) is 2.63. The molecular formula is C17H18ClN3. The lowest BCUT2D eigenvalue weighted by Crippen LogP contribution is -2.46. The maximum Gasteiger partial charge on any atom is 0.0741 e. The van der Waals surface area contributed by atoms with Gasteiger partial charge < -0.3 is 11.5 Å². The molecule has 0 saturated carbocycles. The first-order valence-electron chi connectivity index (χ1n) is 7.30. The lowest BCUT2D eigenvalue weighted by atomic mass is 9.66. The minimum absolute atomic E-state index is 0.373. The molecule has 1 heterocycles. The third-order valence-electron chi connectivity index (χ3n) is 4.76. The Morgan fingerprint density at radius 2 is 2.19 bits per heavy atom. The van der Waals surface area contributed by atoms with Crippen molar-refractivity contribution >= 4 is 28.2 Å². The number of benzene rings is 1. The molecule has 2 bridgehead atoms. The molecule has 2 aliphatic rings. The number of nitrogens with two attached hydrogens (primary N) is 2. The zero-order valence-electron chi connectivity index (χ0n) is 12.0. The SMILES string of the molecule is CC1=C[C@@H]2Cc3nc4cc(Cl)ccc4c(N)c3[C@](N)(C1)C2. The van der Waals surface area contributed by atoms with Gasteiger partial charge in [0.25, 0.3) is 0 Å². The molecule has 0 aliphatic heterocycles. The van der Waals surface area contributed by atoms with E-state index in [0.29, 0.717) is 10.9 Å². The van der Waals surface area contributed by atoms with E-state index in [-0.39, 0.29) is 5.54 Å². The van der Waals surface area contributed by atoms with Gasteiger partial charge in [0.15, 0.2) is 0 Å². The summed E-state index contributed by atoms with van der Waals surface area (Å²) in [7, 11) is 0. The molecule has 0 unspecified atom stereocenters. The van der Waals surface area contributed by atoms with Gasteiger partial charge in [0, 0.05) is 32.9 Å². The van der Waals surface area contributed by atoms with Crippen LogP contribution in [0.3, 0.4) is 0 Å². The fourth-order valence-electron chi connectivity index (χ4n) is 4.15. The molecule has 108 valence electrons. The molecule has 1 aromatic carbocycles. The minimum atomic E-state index is -0.373. The predicted octanol–water partition coefficient (Wildman–Crippen LogP) is 3.54. The zero-order chi connectivity index (χ0) is 14.8. The summed E-state index contributed by atoms with van der Waals surface area (Å²) >= 11 is 6.08. The quantitative estimate of drug-likeness (QED) is 0.731. The van der Waals surface area contributed by atoms with E-state index in [1.807, 2.05) is 18.2 Å². The highest BCUT2D eigenvalue weighted by molar-refractivity contribution is 6.31. The lowest BCUT2D eigenvalue weighted by Gasteiger charge is -2.43. The summed E-state index contributed by atoms with van der Waals surface area (Å²) < 4.78 is 0. The molecule has 4 rings (SSSR count). The molecule has 4 N–H and O–H groups in total. The maximum absolute atomic E-state index is 6.74. The van der Waals surface area contributed by atoms with E-state index in [4.69, 9.17) is 28.1 Å². The molecular weight excluding hydrogens is 282 g/mol. The summed E-state index contributed by atoms with van der Waals surface area (Å²) in [4.78, 5) is 4.82. The highest BCUT2D eigenvalue weighted by Gasteiger charge is 2.42. The van der Waals surface area contributed by atoms with Gasteiger partial charge in [-0.15, -0.1) is 0 Å². The summed E-state index contributed by atoms with van der Waals surface area (Å²) in [5.41, 5.74) is 17.9. The van der Waals surface area contributed by atoms with Crippen LogP contribution in [0.4, 0.5) is 5.69 Å². The largest absolute Gasteiger partial charge is 0.398 e. The first-order valence-corrected chi connectivity index (χ1v) is 7.68. The van der Waals surface area contributed by atoms with Crippen molar-refractivity contribution in [1.82, 2.24) is 4.98 Å². The number of hydrogen-bond donors (Lipinski definition) is 2. The molecule has 0 radical (unpaired) electrons. The third kappa shape index (κ3) is 1.88. The van der Waals surface area contributed by atoms with Gasteiger partial charge >= 0.3 is 0 Å². The van der Waals surface area contributed by atoms with Gasteiger partial charge in [-0.3, -0.25) is 4.98 Å². The molecule has 3 nitrogen and oxygen atoms in total. The Labute approximate surface area is 129 Å². The van der Waals surface area contributed by atoms with Crippen LogP contribution in [0.5, 0.6) is 0 Å². The van der Waals surface area contributed by atoms with Gasteiger partial charge in [-0.25, -0.2) is 0 Å². The van der Waals surface area contributed by atoms with Crippen molar-refractivity contribution in [3.63, 3.8) is 0 Å². The van der Waals surface area contributed by atoms with Crippen molar-refractivity contribution < 1.29 is 0 Å². The number of rotatable bonds is 0. The first-order chi connectivity index (χ1) is 9.96. The number of hydrogen-bond acceptors (Lipinski definition) is 3. The van der Waals surface area contributed by atoms with E-state index in [9.17, 15) is 0 Å². The summed E-state index contributed by atoms with van der Waals surface area (Å²) in [6, 6.07) is 5.68. The van der Waals surface area contributed by atoms with Crippen molar-refractivity contribution in [2.75, 3.05) is 5.73 Å². The maximum atomic E-state index is 6.74. The molecule has 4 heteroatoms.